The summed E-state index contributed by atoms with van der Waals surface area (Å²) < 4.78 is 25.0. The first-order valence-corrected chi connectivity index (χ1v) is 5.89. The molecule has 2 fully saturated rings. The minimum absolute atomic E-state index is 0.0446. The van der Waals surface area contributed by atoms with Gasteiger partial charge in [0, 0.05) is 24.7 Å². The summed E-state index contributed by atoms with van der Waals surface area (Å²) in [4.78, 5) is 2.03. The van der Waals surface area contributed by atoms with E-state index in [1.807, 2.05) is 4.90 Å². The summed E-state index contributed by atoms with van der Waals surface area (Å²) in [5.41, 5.74) is 0.0446. The molecule has 0 radical (unpaired) electrons. The van der Waals surface area contributed by atoms with Crippen LogP contribution in [0.2, 0.25) is 0 Å². The Kier molecular flexibility index (Phi) is 3.26. The lowest BCUT2D eigenvalue weighted by Crippen LogP contribution is -2.63. The number of piperazine rings is 1. The van der Waals surface area contributed by atoms with Crippen molar-refractivity contribution in [2.45, 2.75) is 50.6 Å². The summed E-state index contributed by atoms with van der Waals surface area (Å²) in [6.45, 7) is 3.68. The van der Waals surface area contributed by atoms with Crippen LogP contribution in [-0.2, 0) is 0 Å². The monoisotopic (exact) mass is 218 g/mol. The van der Waals surface area contributed by atoms with Crippen molar-refractivity contribution in [1.29, 1.82) is 0 Å². The van der Waals surface area contributed by atoms with E-state index < -0.39 is 6.43 Å². The van der Waals surface area contributed by atoms with Gasteiger partial charge in [-0.25, -0.2) is 8.78 Å². The van der Waals surface area contributed by atoms with Crippen molar-refractivity contribution in [3.05, 3.63) is 0 Å². The highest BCUT2D eigenvalue weighted by molar-refractivity contribution is 5.01. The van der Waals surface area contributed by atoms with Crippen molar-refractivity contribution < 1.29 is 8.78 Å². The normalized spacial score (nSPS) is 31.6. The molecule has 1 N–H and O–H groups in total. The molecular weight excluding hydrogens is 198 g/mol. The maximum Gasteiger partial charge on any atom is 0.251 e. The van der Waals surface area contributed by atoms with Gasteiger partial charge in [0.05, 0.1) is 6.54 Å². The van der Waals surface area contributed by atoms with E-state index in [4.69, 9.17) is 0 Å². The molecule has 1 saturated heterocycles. The number of rotatable bonds is 2. The fourth-order valence-electron chi connectivity index (χ4n) is 3.03. The molecule has 1 saturated carbocycles. The fourth-order valence-corrected chi connectivity index (χ4v) is 3.03. The number of hydrogen-bond acceptors (Lipinski definition) is 2. The van der Waals surface area contributed by atoms with Crippen LogP contribution in [0.1, 0.15) is 32.6 Å². The number of hydrogen-bond donors (Lipinski definition) is 1. The molecule has 0 aromatic rings. The number of nitrogens with zero attached hydrogens (tertiary/aromatic N) is 1. The molecule has 2 rings (SSSR count). The predicted octanol–water partition coefficient (Wildman–Crippen LogP) is 1.86. The van der Waals surface area contributed by atoms with E-state index in [0.29, 0.717) is 6.04 Å². The van der Waals surface area contributed by atoms with Crippen molar-refractivity contribution >= 4 is 0 Å². The van der Waals surface area contributed by atoms with Crippen LogP contribution >= 0.6 is 0 Å². The second-order valence-electron chi connectivity index (χ2n) is 5.01. The number of halogens is 2. The van der Waals surface area contributed by atoms with Gasteiger partial charge in [0.2, 0.25) is 0 Å². The summed E-state index contributed by atoms with van der Waals surface area (Å²) in [6.07, 6.45) is 2.34. The molecule has 1 spiro atoms. The Labute approximate surface area is 90.0 Å². The molecule has 2 nitrogen and oxygen atoms in total. The quantitative estimate of drug-likeness (QED) is 0.761. The molecule has 1 unspecified atom stereocenters. The Morgan fingerprint density at radius 1 is 1.40 bits per heavy atom. The highest BCUT2D eigenvalue weighted by Gasteiger charge is 2.43. The van der Waals surface area contributed by atoms with Crippen molar-refractivity contribution in [3.63, 3.8) is 0 Å². The van der Waals surface area contributed by atoms with Crippen LogP contribution in [0.5, 0.6) is 0 Å². The van der Waals surface area contributed by atoms with Crippen LogP contribution < -0.4 is 5.32 Å². The van der Waals surface area contributed by atoms with Gasteiger partial charge in [0.25, 0.3) is 6.43 Å². The summed E-state index contributed by atoms with van der Waals surface area (Å²) >= 11 is 0. The molecule has 15 heavy (non-hydrogen) atoms. The van der Waals surface area contributed by atoms with Crippen molar-refractivity contribution in [2.75, 3.05) is 19.6 Å². The topological polar surface area (TPSA) is 15.3 Å². The van der Waals surface area contributed by atoms with E-state index in [1.54, 1.807) is 0 Å². The first-order chi connectivity index (χ1) is 7.12. The van der Waals surface area contributed by atoms with Crippen LogP contribution in [0, 0.1) is 0 Å². The second-order valence-corrected chi connectivity index (χ2v) is 5.01. The maximum absolute atomic E-state index is 12.5. The van der Waals surface area contributed by atoms with Crippen LogP contribution in [0.25, 0.3) is 0 Å². The Morgan fingerprint density at radius 2 is 2.07 bits per heavy atom. The maximum atomic E-state index is 12.5. The van der Waals surface area contributed by atoms with Gasteiger partial charge in [-0.3, -0.25) is 4.90 Å². The third-order valence-electron chi connectivity index (χ3n) is 3.84. The summed E-state index contributed by atoms with van der Waals surface area (Å²) in [5, 5.41) is 3.43. The van der Waals surface area contributed by atoms with Crippen molar-refractivity contribution in [2.24, 2.45) is 0 Å². The summed E-state index contributed by atoms with van der Waals surface area (Å²) in [5.74, 6) is 0. The zero-order chi connectivity index (χ0) is 10.9. The zero-order valence-electron chi connectivity index (χ0n) is 9.31. The van der Waals surface area contributed by atoms with Crippen LogP contribution in [0.4, 0.5) is 8.78 Å². The van der Waals surface area contributed by atoms with E-state index >= 15 is 0 Å². The minimum atomic E-state index is -2.20. The molecular formula is C11H20F2N2. The fraction of sp³-hybridized carbons (Fsp3) is 1.00. The molecule has 88 valence electrons. The lowest BCUT2D eigenvalue weighted by Gasteiger charge is -2.47. The molecule has 0 aromatic heterocycles. The van der Waals surface area contributed by atoms with Gasteiger partial charge in [-0.2, -0.15) is 0 Å². The lowest BCUT2D eigenvalue weighted by atomic mass is 9.91. The van der Waals surface area contributed by atoms with Crippen LogP contribution in [-0.4, -0.2) is 42.5 Å². The minimum Gasteiger partial charge on any atom is -0.311 e. The van der Waals surface area contributed by atoms with Gasteiger partial charge >= 0.3 is 0 Å². The van der Waals surface area contributed by atoms with Gasteiger partial charge in [-0.15, -0.1) is 0 Å². The highest BCUT2D eigenvalue weighted by atomic mass is 19.3. The first-order valence-electron chi connectivity index (χ1n) is 5.89. The summed E-state index contributed by atoms with van der Waals surface area (Å²) in [6, 6.07) is 0.343. The third kappa shape index (κ3) is 2.31. The first kappa shape index (κ1) is 11.3. The molecule has 1 heterocycles. The van der Waals surface area contributed by atoms with E-state index in [2.05, 4.69) is 12.2 Å². The van der Waals surface area contributed by atoms with E-state index in [0.717, 1.165) is 25.9 Å². The van der Waals surface area contributed by atoms with E-state index in [1.165, 1.54) is 12.8 Å². The molecule has 4 heteroatoms. The molecule has 0 amide bonds. The Morgan fingerprint density at radius 3 is 2.67 bits per heavy atom. The Bertz CT molecular complexity index is 213. The molecule has 1 aliphatic heterocycles. The van der Waals surface area contributed by atoms with Gasteiger partial charge in [0.15, 0.2) is 0 Å². The van der Waals surface area contributed by atoms with E-state index in [-0.39, 0.29) is 12.1 Å². The van der Waals surface area contributed by atoms with Crippen molar-refractivity contribution in [3.8, 4) is 0 Å². The van der Waals surface area contributed by atoms with Gasteiger partial charge in [-0.05, 0) is 19.8 Å². The summed E-state index contributed by atoms with van der Waals surface area (Å²) in [7, 11) is 0. The second kappa shape index (κ2) is 4.34. The molecule has 2 aliphatic rings. The number of alkyl halides is 2. The zero-order valence-corrected chi connectivity index (χ0v) is 9.31. The van der Waals surface area contributed by atoms with Crippen molar-refractivity contribution in [1.82, 2.24) is 10.2 Å². The van der Waals surface area contributed by atoms with E-state index in [9.17, 15) is 8.78 Å². The lowest BCUT2D eigenvalue weighted by molar-refractivity contribution is -0.00516. The smallest absolute Gasteiger partial charge is 0.251 e. The average Bonchev–Trinajstić information content (AvgIpc) is 2.61. The Balaban J connectivity index is 2.06. The largest absolute Gasteiger partial charge is 0.311 e. The van der Waals surface area contributed by atoms with Gasteiger partial charge in [-0.1, -0.05) is 12.8 Å². The molecule has 1 aliphatic carbocycles. The molecule has 0 bridgehead atoms. The van der Waals surface area contributed by atoms with Gasteiger partial charge in [0.1, 0.15) is 0 Å². The van der Waals surface area contributed by atoms with Crippen LogP contribution in [0.15, 0.2) is 0 Å². The average molecular weight is 218 g/mol. The SMILES string of the molecule is CC1CN(CC(F)F)C2(CCCC2)CN1. The highest BCUT2D eigenvalue weighted by Crippen LogP contribution is 2.37. The standard InChI is InChI=1S/C11H20F2N2/c1-9-6-15(7-10(12)13)11(8-14-9)4-2-3-5-11/h9-10,14H,2-8H2,1H3. The van der Waals surface area contributed by atoms with Gasteiger partial charge < -0.3 is 5.32 Å². The number of nitrogens with one attached hydrogen (secondary N) is 1. The predicted molar refractivity (Wildman–Crippen MR) is 56.2 cm³/mol. The molecule has 0 aromatic carbocycles. The van der Waals surface area contributed by atoms with Crippen LogP contribution in [0.3, 0.4) is 0 Å². The Hall–Kier alpha value is -0.220. The third-order valence-corrected chi connectivity index (χ3v) is 3.84. The molecule has 1 atom stereocenters.